The number of ether oxygens (including phenoxy) is 2. The normalized spacial score (nSPS) is 11.7. The molecule has 0 unspecified atom stereocenters. The maximum absolute atomic E-state index is 11.4. The average Bonchev–Trinajstić information content (AvgIpc) is 3.11. The molecule has 162 valence electrons. The molecule has 2 aromatic carbocycles. The van der Waals surface area contributed by atoms with Crippen LogP contribution in [0.15, 0.2) is 60.3 Å². The van der Waals surface area contributed by atoms with Crippen LogP contribution in [0.5, 0.6) is 11.5 Å². The molecule has 1 heterocycles. The van der Waals surface area contributed by atoms with E-state index in [2.05, 4.69) is 16.8 Å². The van der Waals surface area contributed by atoms with E-state index in [1.165, 1.54) is 18.9 Å². The van der Waals surface area contributed by atoms with Gasteiger partial charge in [0.25, 0.3) is 0 Å². The molecule has 8 nitrogen and oxygen atoms in total. The largest absolute Gasteiger partial charge is 0.493 e. The number of nitrogens with zero attached hydrogens (tertiary/aromatic N) is 4. The van der Waals surface area contributed by atoms with E-state index in [0.717, 1.165) is 16.8 Å². The minimum absolute atomic E-state index is 0.277. The van der Waals surface area contributed by atoms with Crippen molar-refractivity contribution in [2.45, 2.75) is 24.3 Å². The zero-order valence-electron chi connectivity index (χ0n) is 17.6. The minimum Gasteiger partial charge on any atom is -0.493 e. The van der Waals surface area contributed by atoms with Crippen molar-refractivity contribution in [3.63, 3.8) is 0 Å². The molecule has 0 aliphatic rings. The third-order valence-corrected chi connectivity index (χ3v) is 5.71. The van der Waals surface area contributed by atoms with Crippen molar-refractivity contribution in [1.29, 1.82) is 0 Å². The highest BCUT2D eigenvalue weighted by Gasteiger charge is 2.25. The number of aromatic nitrogens is 3. The molecule has 0 amide bonds. The highest BCUT2D eigenvalue weighted by atomic mass is 32.2. The average molecular weight is 441 g/mol. The van der Waals surface area contributed by atoms with Gasteiger partial charge in [-0.25, -0.2) is 0 Å². The molecular weight excluding hydrogens is 416 g/mol. The van der Waals surface area contributed by atoms with Gasteiger partial charge in [-0.3, -0.25) is 14.7 Å². The van der Waals surface area contributed by atoms with Gasteiger partial charge in [0.15, 0.2) is 16.7 Å². The lowest BCUT2D eigenvalue weighted by Gasteiger charge is -2.16. The molecule has 0 saturated heterocycles. The van der Waals surface area contributed by atoms with Crippen LogP contribution in [0.25, 0.3) is 5.69 Å². The number of thioether (sulfide) groups is 1. The van der Waals surface area contributed by atoms with E-state index in [4.69, 9.17) is 9.47 Å². The smallest absolute Gasteiger partial charge is 0.220 e. The molecule has 9 heteroatoms. The van der Waals surface area contributed by atoms with Crippen molar-refractivity contribution in [1.82, 2.24) is 14.8 Å². The summed E-state index contributed by atoms with van der Waals surface area (Å²) in [6, 6.07) is 13.3. The number of hydrogen-bond donors (Lipinski definition) is 0. The fraction of sp³-hybridized carbons (Fsp3) is 0.273. The van der Waals surface area contributed by atoms with Crippen LogP contribution >= 0.6 is 11.8 Å². The standard InChI is InChI=1S/C22H24N4O4S/c1-5-11-30-19-10-9-17(13-20(19)29-4)21(14-25(27)28)31-22-24-23-16(3)26(22)18-8-6-7-15(2)12-18/h5-10,12-13,21H,1,11,14H2,2-4H3/t21-/m0/s1. The Kier molecular flexibility index (Phi) is 7.30. The van der Waals surface area contributed by atoms with Crippen LogP contribution in [0, 0.1) is 24.0 Å². The zero-order chi connectivity index (χ0) is 22.4. The predicted octanol–water partition coefficient (Wildman–Crippen LogP) is 4.57. The number of hydrogen-bond acceptors (Lipinski definition) is 7. The van der Waals surface area contributed by atoms with Gasteiger partial charge in [-0.1, -0.05) is 42.6 Å². The number of methoxy groups -OCH3 is 1. The summed E-state index contributed by atoms with van der Waals surface area (Å²) in [5.74, 6) is 1.76. The van der Waals surface area contributed by atoms with E-state index >= 15 is 0 Å². The molecule has 0 aliphatic carbocycles. The van der Waals surface area contributed by atoms with Crippen LogP contribution < -0.4 is 9.47 Å². The molecule has 0 N–H and O–H groups in total. The van der Waals surface area contributed by atoms with Crippen molar-refractivity contribution >= 4 is 11.8 Å². The van der Waals surface area contributed by atoms with Crippen LogP contribution in [0.4, 0.5) is 0 Å². The van der Waals surface area contributed by atoms with Crippen LogP contribution in [0.2, 0.25) is 0 Å². The summed E-state index contributed by atoms with van der Waals surface area (Å²) in [5.41, 5.74) is 2.75. The summed E-state index contributed by atoms with van der Waals surface area (Å²) in [6.45, 7) is 7.56. The summed E-state index contributed by atoms with van der Waals surface area (Å²) in [5, 5.41) is 20.0. The summed E-state index contributed by atoms with van der Waals surface area (Å²) in [6.07, 6.45) is 1.64. The quantitative estimate of drug-likeness (QED) is 0.197. The third-order valence-electron chi connectivity index (χ3n) is 4.53. The first kappa shape index (κ1) is 22.4. The van der Waals surface area contributed by atoms with Gasteiger partial charge in [0.2, 0.25) is 6.54 Å². The van der Waals surface area contributed by atoms with Crippen molar-refractivity contribution < 1.29 is 14.4 Å². The summed E-state index contributed by atoms with van der Waals surface area (Å²) in [4.78, 5) is 11.1. The van der Waals surface area contributed by atoms with Gasteiger partial charge in [0.05, 0.1) is 7.11 Å². The predicted molar refractivity (Wildman–Crippen MR) is 120 cm³/mol. The Morgan fingerprint density at radius 3 is 2.71 bits per heavy atom. The Balaban J connectivity index is 1.97. The lowest BCUT2D eigenvalue weighted by atomic mass is 10.1. The number of rotatable bonds is 10. The molecule has 3 aromatic rings. The maximum atomic E-state index is 11.4. The first-order valence-corrected chi connectivity index (χ1v) is 10.5. The molecule has 1 aromatic heterocycles. The fourth-order valence-electron chi connectivity index (χ4n) is 3.11. The number of nitro groups is 1. The second-order valence-electron chi connectivity index (χ2n) is 6.84. The highest BCUT2D eigenvalue weighted by molar-refractivity contribution is 7.99. The molecule has 31 heavy (non-hydrogen) atoms. The Hall–Kier alpha value is -3.33. The molecular formula is C22H24N4O4S. The van der Waals surface area contributed by atoms with Gasteiger partial charge in [0, 0.05) is 10.6 Å². The molecule has 0 radical (unpaired) electrons. The van der Waals surface area contributed by atoms with Gasteiger partial charge in [0.1, 0.15) is 17.7 Å². The Morgan fingerprint density at radius 1 is 1.23 bits per heavy atom. The van der Waals surface area contributed by atoms with E-state index in [-0.39, 0.29) is 11.5 Å². The molecule has 0 aliphatic heterocycles. The Labute approximate surface area is 185 Å². The van der Waals surface area contributed by atoms with Gasteiger partial charge in [-0.2, -0.15) is 0 Å². The minimum atomic E-state index is -0.496. The van der Waals surface area contributed by atoms with Crippen molar-refractivity contribution in [2.24, 2.45) is 0 Å². The van der Waals surface area contributed by atoms with Gasteiger partial charge in [-0.05, 0) is 49.2 Å². The Morgan fingerprint density at radius 2 is 2.03 bits per heavy atom. The zero-order valence-corrected chi connectivity index (χ0v) is 18.5. The highest BCUT2D eigenvalue weighted by Crippen LogP contribution is 2.39. The van der Waals surface area contributed by atoms with E-state index in [0.29, 0.717) is 29.1 Å². The van der Waals surface area contributed by atoms with E-state index in [9.17, 15) is 10.1 Å². The molecule has 0 fully saturated rings. The summed E-state index contributed by atoms with van der Waals surface area (Å²) in [7, 11) is 1.53. The second kappa shape index (κ2) is 10.1. The van der Waals surface area contributed by atoms with Gasteiger partial charge in [-0.15, -0.1) is 10.2 Å². The van der Waals surface area contributed by atoms with Crippen LogP contribution in [0.1, 0.15) is 22.2 Å². The SMILES string of the molecule is C=CCOc1ccc([C@H](C[N+](=O)[O-])Sc2nnc(C)n2-c2cccc(C)c2)cc1OC. The topological polar surface area (TPSA) is 92.3 Å². The van der Waals surface area contributed by atoms with Gasteiger partial charge < -0.3 is 9.47 Å². The van der Waals surface area contributed by atoms with E-state index in [1.807, 2.05) is 48.7 Å². The Bertz CT molecular complexity index is 1080. The first-order chi connectivity index (χ1) is 14.9. The molecule has 3 rings (SSSR count). The molecule has 0 saturated carbocycles. The lowest BCUT2D eigenvalue weighted by molar-refractivity contribution is -0.479. The summed E-state index contributed by atoms with van der Waals surface area (Å²) < 4.78 is 12.9. The monoisotopic (exact) mass is 440 g/mol. The van der Waals surface area contributed by atoms with Crippen molar-refractivity contribution in [3.05, 3.63) is 82.2 Å². The van der Waals surface area contributed by atoms with Crippen molar-refractivity contribution in [2.75, 3.05) is 20.3 Å². The van der Waals surface area contributed by atoms with Crippen LogP contribution in [0.3, 0.4) is 0 Å². The molecule has 0 bridgehead atoms. The van der Waals surface area contributed by atoms with E-state index in [1.54, 1.807) is 18.2 Å². The van der Waals surface area contributed by atoms with E-state index < -0.39 is 5.25 Å². The van der Waals surface area contributed by atoms with Crippen LogP contribution in [-0.2, 0) is 0 Å². The van der Waals surface area contributed by atoms with Gasteiger partial charge >= 0.3 is 0 Å². The lowest BCUT2D eigenvalue weighted by Crippen LogP contribution is -2.11. The molecule has 0 spiro atoms. The second-order valence-corrected chi connectivity index (χ2v) is 8.01. The number of aryl methyl sites for hydroxylation is 2. The number of benzene rings is 2. The third kappa shape index (κ3) is 5.43. The van der Waals surface area contributed by atoms with Crippen LogP contribution in [-0.4, -0.2) is 39.9 Å². The first-order valence-electron chi connectivity index (χ1n) is 9.62. The maximum Gasteiger partial charge on any atom is 0.220 e. The summed E-state index contributed by atoms with van der Waals surface area (Å²) >= 11 is 1.30. The fourth-order valence-corrected chi connectivity index (χ4v) is 4.27. The molecule has 1 atom stereocenters. The van der Waals surface area contributed by atoms with Crippen molar-refractivity contribution in [3.8, 4) is 17.2 Å².